The molecule has 0 bridgehead atoms. The van der Waals surface area contributed by atoms with E-state index >= 15 is 0 Å². The predicted molar refractivity (Wildman–Crippen MR) is 128 cm³/mol. The van der Waals surface area contributed by atoms with Gasteiger partial charge in [-0.15, -0.1) is 0 Å². The summed E-state index contributed by atoms with van der Waals surface area (Å²) in [4.78, 5) is 20.8. The summed E-state index contributed by atoms with van der Waals surface area (Å²) in [5.41, 5.74) is 4.63. The zero-order valence-corrected chi connectivity index (χ0v) is 20.5. The van der Waals surface area contributed by atoms with Crippen molar-refractivity contribution in [1.82, 2.24) is 19.7 Å². The van der Waals surface area contributed by atoms with Gasteiger partial charge in [-0.2, -0.15) is 4.31 Å². The highest BCUT2D eigenvalue weighted by atomic mass is 32.2. The minimum atomic E-state index is -3.66. The third-order valence-electron chi connectivity index (χ3n) is 6.29. The maximum absolute atomic E-state index is 13.3. The van der Waals surface area contributed by atoms with E-state index in [1.165, 1.54) is 0 Å². The van der Waals surface area contributed by atoms with E-state index in [1.807, 2.05) is 25.8 Å². The number of rotatable bonds is 7. The number of nitrogens with one attached hydrogen (secondary N) is 2. The Labute approximate surface area is 195 Å². The minimum Gasteiger partial charge on any atom is -0.493 e. The van der Waals surface area contributed by atoms with Crippen molar-refractivity contribution in [2.75, 3.05) is 31.3 Å². The lowest BCUT2D eigenvalue weighted by molar-refractivity contribution is 0.288. The van der Waals surface area contributed by atoms with Gasteiger partial charge in [0.15, 0.2) is 0 Å². The number of ether oxygens (including phenoxy) is 1. The number of H-pyrrole nitrogens is 1. The topological polar surface area (TPSA) is 108 Å². The third kappa shape index (κ3) is 4.51. The van der Waals surface area contributed by atoms with Crippen LogP contribution in [0.2, 0.25) is 0 Å². The molecule has 0 aliphatic carbocycles. The molecular formula is C23H33N5O4S. The molecule has 0 amide bonds. The maximum atomic E-state index is 13.3. The van der Waals surface area contributed by atoms with Gasteiger partial charge >= 0.3 is 0 Å². The zero-order chi connectivity index (χ0) is 23.8. The zero-order valence-electron chi connectivity index (χ0n) is 19.7. The smallest absolute Gasteiger partial charge is 0.276 e. The maximum Gasteiger partial charge on any atom is 0.276 e. The molecule has 0 radical (unpaired) electrons. The number of benzene rings is 1. The molecule has 1 aromatic carbocycles. The van der Waals surface area contributed by atoms with Crippen LogP contribution in [0.1, 0.15) is 58.7 Å². The summed E-state index contributed by atoms with van der Waals surface area (Å²) in [6, 6.07) is 4.65. The van der Waals surface area contributed by atoms with Gasteiger partial charge < -0.3 is 14.7 Å². The number of piperidine rings is 1. The van der Waals surface area contributed by atoms with Crippen molar-refractivity contribution < 1.29 is 13.2 Å². The highest BCUT2D eigenvalue weighted by Gasteiger charge is 2.32. The molecule has 180 valence electrons. The number of hydrazine groups is 1. The first-order valence-electron chi connectivity index (χ1n) is 11.7. The van der Waals surface area contributed by atoms with Gasteiger partial charge in [0, 0.05) is 19.6 Å². The standard InChI is InChI=1S/C23H33N5O4S/c1-5-11-28-21-20(16(4)26-28)24-22(25-23(21)29)18-14-17(7-8-19(18)32-6-2)33(30,31)27-12-9-15(3)10-13-27/h7-8,14-16,26H,5-6,9-13H2,1-4H3,(H,24,25,29). The molecule has 33 heavy (non-hydrogen) atoms. The molecule has 4 rings (SSSR count). The Morgan fingerprint density at radius 3 is 2.58 bits per heavy atom. The fourth-order valence-electron chi connectivity index (χ4n) is 4.44. The molecule has 2 aliphatic rings. The van der Waals surface area contributed by atoms with Crippen LogP contribution in [0.5, 0.6) is 5.75 Å². The van der Waals surface area contributed by atoms with Crippen LogP contribution in [0.25, 0.3) is 11.4 Å². The monoisotopic (exact) mass is 475 g/mol. The van der Waals surface area contributed by atoms with Gasteiger partial charge in [-0.25, -0.2) is 18.8 Å². The largest absolute Gasteiger partial charge is 0.493 e. The number of aromatic nitrogens is 2. The van der Waals surface area contributed by atoms with Crippen molar-refractivity contribution in [2.24, 2.45) is 5.92 Å². The van der Waals surface area contributed by atoms with E-state index in [0.29, 0.717) is 60.7 Å². The summed E-state index contributed by atoms with van der Waals surface area (Å²) in [5, 5.41) is 1.83. The van der Waals surface area contributed by atoms with Crippen LogP contribution in [0.4, 0.5) is 5.69 Å². The quantitative estimate of drug-likeness (QED) is 0.634. The fraction of sp³-hybridized carbons (Fsp3) is 0.565. The highest BCUT2D eigenvalue weighted by molar-refractivity contribution is 7.89. The number of fused-ring (bicyclic) bond motifs is 1. The Bertz CT molecular complexity index is 1170. The number of hydrogen-bond acceptors (Lipinski definition) is 7. The Kier molecular flexibility index (Phi) is 6.78. The number of sulfonamides is 1. The van der Waals surface area contributed by atoms with Crippen LogP contribution < -0.4 is 20.7 Å². The predicted octanol–water partition coefficient (Wildman–Crippen LogP) is 3.05. The van der Waals surface area contributed by atoms with Crippen LogP contribution in [0.3, 0.4) is 0 Å². The molecule has 1 unspecified atom stereocenters. The third-order valence-corrected chi connectivity index (χ3v) is 8.18. The molecule has 1 saturated heterocycles. The average Bonchev–Trinajstić information content (AvgIpc) is 3.10. The van der Waals surface area contributed by atoms with Crippen molar-refractivity contribution in [3.63, 3.8) is 0 Å². The summed E-state index contributed by atoms with van der Waals surface area (Å²) in [6.45, 7) is 10.1. The first-order valence-corrected chi connectivity index (χ1v) is 13.2. The van der Waals surface area contributed by atoms with Gasteiger partial charge in [-0.3, -0.25) is 4.79 Å². The van der Waals surface area contributed by atoms with Gasteiger partial charge in [-0.05, 0) is 57.2 Å². The van der Waals surface area contributed by atoms with E-state index in [0.717, 1.165) is 19.3 Å². The van der Waals surface area contributed by atoms with Crippen LogP contribution in [0, 0.1) is 5.92 Å². The SMILES string of the molecule is CCCN1NC(C)c2nc(-c3cc(S(=O)(=O)N4CCC(C)CC4)ccc3OCC)[nH]c(=O)c21. The molecule has 0 saturated carbocycles. The van der Waals surface area contributed by atoms with Gasteiger partial charge in [0.2, 0.25) is 10.0 Å². The average molecular weight is 476 g/mol. The Morgan fingerprint density at radius 2 is 1.91 bits per heavy atom. The van der Waals surface area contributed by atoms with Crippen molar-refractivity contribution >= 4 is 15.7 Å². The van der Waals surface area contributed by atoms with E-state index in [9.17, 15) is 13.2 Å². The lowest BCUT2D eigenvalue weighted by Crippen LogP contribution is -2.37. The number of nitrogens with zero attached hydrogens (tertiary/aromatic N) is 3. The van der Waals surface area contributed by atoms with Crippen molar-refractivity contribution in [3.05, 3.63) is 34.2 Å². The van der Waals surface area contributed by atoms with Gasteiger partial charge in [0.1, 0.15) is 17.3 Å². The first kappa shape index (κ1) is 23.7. The van der Waals surface area contributed by atoms with Crippen LogP contribution in [0.15, 0.2) is 27.9 Å². The molecule has 3 heterocycles. The minimum absolute atomic E-state index is 0.134. The van der Waals surface area contributed by atoms with Gasteiger partial charge in [-0.1, -0.05) is 13.8 Å². The molecule has 1 aromatic heterocycles. The lowest BCUT2D eigenvalue weighted by Gasteiger charge is -2.29. The molecule has 9 nitrogen and oxygen atoms in total. The van der Waals surface area contributed by atoms with E-state index in [4.69, 9.17) is 9.72 Å². The number of hydrogen-bond donors (Lipinski definition) is 2. The molecule has 1 fully saturated rings. The Balaban J connectivity index is 1.78. The van der Waals surface area contributed by atoms with Crippen LogP contribution >= 0.6 is 0 Å². The van der Waals surface area contributed by atoms with Crippen molar-refractivity contribution in [2.45, 2.75) is 57.9 Å². The van der Waals surface area contributed by atoms with Gasteiger partial charge in [0.05, 0.1) is 28.8 Å². The molecule has 0 spiro atoms. The second kappa shape index (κ2) is 9.44. The molecule has 2 aliphatic heterocycles. The highest BCUT2D eigenvalue weighted by Crippen LogP contribution is 2.35. The van der Waals surface area contributed by atoms with Crippen molar-refractivity contribution in [1.29, 1.82) is 0 Å². The van der Waals surface area contributed by atoms with E-state index in [2.05, 4.69) is 17.3 Å². The Hall–Kier alpha value is -2.43. The molecule has 1 atom stereocenters. The summed E-state index contributed by atoms with van der Waals surface area (Å²) in [6.07, 6.45) is 2.58. The van der Waals surface area contributed by atoms with E-state index < -0.39 is 10.0 Å². The van der Waals surface area contributed by atoms with E-state index in [1.54, 1.807) is 22.5 Å². The van der Waals surface area contributed by atoms with Gasteiger partial charge in [0.25, 0.3) is 5.56 Å². The van der Waals surface area contributed by atoms with Crippen LogP contribution in [-0.2, 0) is 10.0 Å². The summed E-state index contributed by atoms with van der Waals surface area (Å²) in [5.74, 6) is 1.31. The summed E-state index contributed by atoms with van der Waals surface area (Å²) < 4.78 is 34.0. The molecule has 2 aromatic rings. The lowest BCUT2D eigenvalue weighted by atomic mass is 10.0. The summed E-state index contributed by atoms with van der Waals surface area (Å²) in [7, 11) is -3.66. The number of aromatic amines is 1. The first-order chi connectivity index (χ1) is 15.8. The summed E-state index contributed by atoms with van der Waals surface area (Å²) >= 11 is 0. The second-order valence-electron chi connectivity index (χ2n) is 8.83. The van der Waals surface area contributed by atoms with E-state index in [-0.39, 0.29) is 16.5 Å². The molecule has 10 heteroatoms. The normalized spacial score (nSPS) is 19.6. The fourth-order valence-corrected chi connectivity index (χ4v) is 5.94. The molecule has 2 N–H and O–H groups in total. The number of anilines is 1. The van der Waals surface area contributed by atoms with Crippen LogP contribution in [-0.4, -0.2) is 48.9 Å². The Morgan fingerprint density at radius 1 is 1.18 bits per heavy atom. The second-order valence-corrected chi connectivity index (χ2v) is 10.8. The molecular weight excluding hydrogens is 442 g/mol. The van der Waals surface area contributed by atoms with Crippen molar-refractivity contribution in [3.8, 4) is 17.1 Å².